The highest BCUT2D eigenvalue weighted by Crippen LogP contribution is 2.42. The van der Waals surface area contributed by atoms with Crippen LogP contribution in [0.3, 0.4) is 0 Å². The highest BCUT2D eigenvalue weighted by Gasteiger charge is 2.39. The molecule has 48 heavy (non-hydrogen) atoms. The number of fused-ring (bicyclic) bond motifs is 1. The van der Waals surface area contributed by atoms with Crippen molar-refractivity contribution in [2.24, 2.45) is 5.41 Å². The molecule has 3 aromatic heterocycles. The summed E-state index contributed by atoms with van der Waals surface area (Å²) in [5, 5.41) is 14.2. The van der Waals surface area contributed by atoms with Gasteiger partial charge in [-0.15, -0.1) is 6.58 Å². The molecular weight excluding hydrogens is 608 g/mol. The van der Waals surface area contributed by atoms with E-state index in [0.29, 0.717) is 28.5 Å². The predicted octanol–water partition coefficient (Wildman–Crippen LogP) is 5.75. The Morgan fingerprint density at radius 2 is 1.67 bits per heavy atom. The molecule has 254 valence electrons. The van der Waals surface area contributed by atoms with Crippen molar-refractivity contribution in [3.05, 3.63) is 77.4 Å². The van der Waals surface area contributed by atoms with Crippen LogP contribution in [0.1, 0.15) is 66.0 Å². The third-order valence-electron chi connectivity index (χ3n) is 9.34. The molecular formula is C36H46N8O4. The maximum atomic E-state index is 13.3. The summed E-state index contributed by atoms with van der Waals surface area (Å²) in [6.07, 6.45) is 7.19. The zero-order valence-corrected chi connectivity index (χ0v) is 28.6. The monoisotopic (exact) mass is 654 g/mol. The smallest absolute Gasteiger partial charge is 0.410 e. The van der Waals surface area contributed by atoms with Crippen LogP contribution >= 0.6 is 0 Å². The van der Waals surface area contributed by atoms with Crippen LogP contribution in [0.25, 0.3) is 16.9 Å². The molecule has 0 atom stereocenters. The van der Waals surface area contributed by atoms with Crippen LogP contribution in [0.15, 0.2) is 66.1 Å². The van der Waals surface area contributed by atoms with Gasteiger partial charge in [0, 0.05) is 43.8 Å². The molecule has 2 aliphatic heterocycles. The molecule has 2 aliphatic rings. The van der Waals surface area contributed by atoms with Crippen molar-refractivity contribution in [1.82, 2.24) is 29.2 Å². The molecule has 2 N–H and O–H groups in total. The fraction of sp³-hybridized carbons (Fsp3) is 0.472. The molecule has 0 aliphatic carbocycles. The molecule has 12 heteroatoms. The average molecular weight is 655 g/mol. The van der Waals surface area contributed by atoms with Crippen LogP contribution in [-0.2, 0) is 16.9 Å². The van der Waals surface area contributed by atoms with Crippen molar-refractivity contribution in [3.8, 4) is 5.82 Å². The molecule has 0 bridgehead atoms. The summed E-state index contributed by atoms with van der Waals surface area (Å²) in [5.41, 5.74) is 1.24. The van der Waals surface area contributed by atoms with Crippen LogP contribution in [0.4, 0.5) is 22.1 Å². The average Bonchev–Trinajstić information content (AvgIpc) is 3.31. The number of amides is 1. The van der Waals surface area contributed by atoms with Gasteiger partial charge in [-0.3, -0.25) is 4.79 Å². The number of carbonyl (C=O) groups excluding carboxylic acids is 1. The number of nitrogens with zero attached hydrogens (tertiary/aromatic N) is 7. The SMILES string of the molecule is C=CCn1c(=O)c2cnc(Nc3ccc(N4CCC5(CCN(C(=O)OC(C)(C)C)CC5)CC4)cc3)nc2n1-c1cccc(C(C)(C)O)n1. The molecule has 5 heterocycles. The Balaban J connectivity index is 1.14. The van der Waals surface area contributed by atoms with Crippen molar-refractivity contribution < 1.29 is 14.6 Å². The van der Waals surface area contributed by atoms with Gasteiger partial charge in [-0.1, -0.05) is 12.1 Å². The van der Waals surface area contributed by atoms with Crippen LogP contribution in [0.2, 0.25) is 0 Å². The molecule has 6 rings (SSSR count). The number of pyridine rings is 1. The van der Waals surface area contributed by atoms with E-state index in [9.17, 15) is 14.7 Å². The standard InChI is InChI=1S/C36H46N8O4/c1-7-19-43-31(45)27-24-37-32(40-30(27)44(43)29-10-8-9-28(39-29)35(5,6)47)38-25-11-13-26(14-12-25)41-20-15-36(16-21-41)17-22-42(23-18-36)33(46)48-34(2,3)4/h7-14,24,47H,1,15-23H2,2-6H3,(H,37,38,40). The first-order chi connectivity index (χ1) is 22.7. The van der Waals surface area contributed by atoms with Crippen molar-refractivity contribution in [2.45, 2.75) is 78.0 Å². The van der Waals surface area contributed by atoms with Gasteiger partial charge in [-0.2, -0.15) is 4.98 Å². The van der Waals surface area contributed by atoms with Gasteiger partial charge < -0.3 is 25.0 Å². The number of hydrogen-bond acceptors (Lipinski definition) is 9. The number of ether oxygens (including phenoxy) is 1. The van der Waals surface area contributed by atoms with E-state index in [1.54, 1.807) is 42.8 Å². The van der Waals surface area contributed by atoms with E-state index in [0.717, 1.165) is 63.2 Å². The van der Waals surface area contributed by atoms with Crippen molar-refractivity contribution in [3.63, 3.8) is 0 Å². The summed E-state index contributed by atoms with van der Waals surface area (Å²) in [4.78, 5) is 44.0. The van der Waals surface area contributed by atoms with Gasteiger partial charge in [-0.05, 0) is 102 Å². The molecule has 4 aromatic rings. The first kappa shape index (κ1) is 33.2. The number of rotatable bonds is 7. The lowest BCUT2D eigenvalue weighted by atomic mass is 9.71. The number of piperidine rings is 2. The quantitative estimate of drug-likeness (QED) is 0.239. The molecule has 2 fully saturated rings. The van der Waals surface area contributed by atoms with Gasteiger partial charge >= 0.3 is 6.09 Å². The summed E-state index contributed by atoms with van der Waals surface area (Å²) in [5.74, 6) is 0.797. The lowest BCUT2D eigenvalue weighted by Gasteiger charge is -2.47. The maximum Gasteiger partial charge on any atom is 0.410 e. The van der Waals surface area contributed by atoms with Gasteiger partial charge in [0.1, 0.15) is 16.6 Å². The molecule has 1 amide bonds. The first-order valence-corrected chi connectivity index (χ1v) is 16.7. The first-order valence-electron chi connectivity index (χ1n) is 16.7. The Bertz CT molecular complexity index is 1850. The molecule has 0 radical (unpaired) electrons. The molecule has 1 spiro atoms. The molecule has 1 aromatic carbocycles. The second-order valence-electron chi connectivity index (χ2n) is 14.5. The summed E-state index contributed by atoms with van der Waals surface area (Å²) in [7, 11) is 0. The van der Waals surface area contributed by atoms with Crippen molar-refractivity contribution in [1.29, 1.82) is 0 Å². The van der Waals surface area contributed by atoms with Gasteiger partial charge in [0.25, 0.3) is 5.56 Å². The minimum absolute atomic E-state index is 0.205. The lowest BCUT2D eigenvalue weighted by Crippen LogP contribution is -2.49. The van der Waals surface area contributed by atoms with Gasteiger partial charge in [-0.25, -0.2) is 24.1 Å². The highest BCUT2D eigenvalue weighted by atomic mass is 16.6. The number of nitrogens with one attached hydrogen (secondary N) is 1. The van der Waals surface area contributed by atoms with Crippen LogP contribution in [0, 0.1) is 5.41 Å². The van der Waals surface area contributed by atoms with E-state index < -0.39 is 11.2 Å². The van der Waals surface area contributed by atoms with E-state index in [4.69, 9.17) is 9.72 Å². The fourth-order valence-electron chi connectivity index (χ4n) is 6.60. The topological polar surface area (TPSA) is 131 Å². The molecule has 0 unspecified atom stereocenters. The number of hydrogen-bond donors (Lipinski definition) is 2. The lowest BCUT2D eigenvalue weighted by molar-refractivity contribution is 0.00665. The van der Waals surface area contributed by atoms with Gasteiger partial charge in [0.05, 0.1) is 12.2 Å². The van der Waals surface area contributed by atoms with Crippen molar-refractivity contribution >= 4 is 34.4 Å². The largest absolute Gasteiger partial charge is 0.444 e. The minimum atomic E-state index is -1.16. The Hall–Kier alpha value is -4.71. The van der Waals surface area contributed by atoms with Crippen LogP contribution in [0.5, 0.6) is 0 Å². The van der Waals surface area contributed by atoms with Crippen LogP contribution < -0.4 is 15.8 Å². The predicted molar refractivity (Wildman–Crippen MR) is 187 cm³/mol. The fourth-order valence-corrected chi connectivity index (χ4v) is 6.60. The molecule has 12 nitrogen and oxygen atoms in total. The van der Waals surface area contributed by atoms with Gasteiger partial charge in [0.15, 0.2) is 11.5 Å². The Morgan fingerprint density at radius 1 is 1.00 bits per heavy atom. The number of carbonyl (C=O) groups is 1. The Kier molecular flexibility index (Phi) is 8.80. The maximum absolute atomic E-state index is 13.3. The summed E-state index contributed by atoms with van der Waals surface area (Å²) < 4.78 is 8.74. The van der Waals surface area contributed by atoms with E-state index in [1.807, 2.05) is 37.8 Å². The second kappa shape index (κ2) is 12.7. The minimum Gasteiger partial charge on any atom is -0.444 e. The zero-order chi connectivity index (χ0) is 34.3. The summed E-state index contributed by atoms with van der Waals surface area (Å²) in [6, 6.07) is 13.5. The molecule has 0 saturated carbocycles. The highest BCUT2D eigenvalue weighted by molar-refractivity contribution is 5.77. The zero-order valence-electron chi connectivity index (χ0n) is 28.6. The number of aliphatic hydroxyl groups is 1. The van der Waals surface area contributed by atoms with E-state index in [1.165, 1.54) is 10.9 Å². The summed E-state index contributed by atoms with van der Waals surface area (Å²) in [6.45, 7) is 16.6. The van der Waals surface area contributed by atoms with E-state index in [-0.39, 0.29) is 23.6 Å². The van der Waals surface area contributed by atoms with Crippen LogP contribution in [-0.4, -0.2) is 72.2 Å². The Labute approximate surface area is 281 Å². The van der Waals surface area contributed by atoms with Gasteiger partial charge in [0.2, 0.25) is 5.95 Å². The normalized spacial score (nSPS) is 16.7. The number of aromatic nitrogens is 5. The second-order valence-corrected chi connectivity index (χ2v) is 14.5. The third kappa shape index (κ3) is 6.94. The summed E-state index contributed by atoms with van der Waals surface area (Å²) >= 11 is 0. The van der Waals surface area contributed by atoms with E-state index >= 15 is 0 Å². The van der Waals surface area contributed by atoms with E-state index in [2.05, 4.69) is 38.9 Å². The third-order valence-corrected chi connectivity index (χ3v) is 9.34. The number of allylic oxidation sites excluding steroid dienone is 1. The number of anilines is 3. The Morgan fingerprint density at radius 3 is 2.29 bits per heavy atom. The van der Waals surface area contributed by atoms with Crippen molar-refractivity contribution in [2.75, 3.05) is 36.4 Å². The number of benzene rings is 1. The molecule has 2 saturated heterocycles. The number of likely N-dealkylation sites (tertiary alicyclic amines) is 1.